The van der Waals surface area contributed by atoms with Crippen molar-refractivity contribution in [2.24, 2.45) is 5.92 Å². The number of hydrogen-bond acceptors (Lipinski definition) is 3. The Morgan fingerprint density at radius 2 is 2.00 bits per heavy atom. The van der Waals surface area contributed by atoms with Crippen LogP contribution in [0.5, 0.6) is 5.75 Å². The molecule has 16 heavy (non-hydrogen) atoms. The summed E-state index contributed by atoms with van der Waals surface area (Å²) in [5, 5.41) is 19.9. The van der Waals surface area contributed by atoms with Crippen molar-refractivity contribution < 1.29 is 10.2 Å². The summed E-state index contributed by atoms with van der Waals surface area (Å²) < 4.78 is 0. The Hall–Kier alpha value is -0.670. The lowest BCUT2D eigenvalue weighted by Crippen LogP contribution is -2.35. The van der Waals surface area contributed by atoms with E-state index in [2.05, 4.69) is 0 Å². The van der Waals surface area contributed by atoms with Crippen LogP contribution in [-0.4, -0.2) is 21.7 Å². The van der Waals surface area contributed by atoms with Crippen LogP contribution in [0.1, 0.15) is 25.3 Å². The maximum absolute atomic E-state index is 10.6. The first kappa shape index (κ1) is 11.8. The van der Waals surface area contributed by atoms with Crippen molar-refractivity contribution in [1.29, 1.82) is 0 Å². The SMILES string of the molecule is CC(O)(c1ccc(O)cc1)C1CCCSC1. The summed E-state index contributed by atoms with van der Waals surface area (Å²) in [4.78, 5) is 0. The van der Waals surface area contributed by atoms with Crippen LogP contribution in [-0.2, 0) is 5.60 Å². The number of thioether (sulfide) groups is 1. The van der Waals surface area contributed by atoms with E-state index >= 15 is 0 Å². The highest BCUT2D eigenvalue weighted by atomic mass is 32.2. The van der Waals surface area contributed by atoms with Gasteiger partial charge in [0.2, 0.25) is 0 Å². The molecule has 1 aliphatic heterocycles. The zero-order chi connectivity index (χ0) is 11.6. The van der Waals surface area contributed by atoms with Gasteiger partial charge in [0, 0.05) is 5.92 Å². The van der Waals surface area contributed by atoms with Crippen molar-refractivity contribution >= 4 is 11.8 Å². The van der Waals surface area contributed by atoms with Crippen LogP contribution in [0.25, 0.3) is 0 Å². The lowest BCUT2D eigenvalue weighted by Gasteiger charge is -2.35. The zero-order valence-electron chi connectivity index (χ0n) is 9.52. The van der Waals surface area contributed by atoms with Crippen molar-refractivity contribution in [3.63, 3.8) is 0 Å². The van der Waals surface area contributed by atoms with Gasteiger partial charge in [-0.25, -0.2) is 0 Å². The van der Waals surface area contributed by atoms with Crippen molar-refractivity contribution in [3.05, 3.63) is 29.8 Å². The second-order valence-corrected chi connectivity index (χ2v) is 5.76. The molecule has 0 saturated carbocycles. The molecule has 3 heteroatoms. The maximum Gasteiger partial charge on any atom is 0.115 e. The Morgan fingerprint density at radius 3 is 2.56 bits per heavy atom. The minimum absolute atomic E-state index is 0.248. The van der Waals surface area contributed by atoms with Gasteiger partial charge in [-0.3, -0.25) is 0 Å². The van der Waals surface area contributed by atoms with E-state index < -0.39 is 5.60 Å². The second-order valence-electron chi connectivity index (χ2n) is 4.61. The van der Waals surface area contributed by atoms with Crippen LogP contribution < -0.4 is 0 Å². The van der Waals surface area contributed by atoms with E-state index in [1.807, 2.05) is 30.8 Å². The average molecular weight is 238 g/mol. The molecule has 2 rings (SSSR count). The smallest absolute Gasteiger partial charge is 0.115 e. The van der Waals surface area contributed by atoms with Gasteiger partial charge in [-0.15, -0.1) is 0 Å². The van der Waals surface area contributed by atoms with Crippen molar-refractivity contribution in [1.82, 2.24) is 0 Å². The molecule has 2 N–H and O–H groups in total. The molecule has 0 spiro atoms. The normalized spacial score (nSPS) is 25.0. The highest BCUT2D eigenvalue weighted by Crippen LogP contribution is 2.38. The summed E-state index contributed by atoms with van der Waals surface area (Å²) in [6.45, 7) is 1.88. The van der Waals surface area contributed by atoms with E-state index in [0.717, 1.165) is 17.7 Å². The first-order chi connectivity index (χ1) is 7.60. The summed E-state index contributed by atoms with van der Waals surface area (Å²) in [7, 11) is 0. The molecule has 0 bridgehead atoms. The molecule has 2 atom stereocenters. The van der Waals surface area contributed by atoms with E-state index in [1.54, 1.807) is 12.1 Å². The predicted molar refractivity (Wildman–Crippen MR) is 67.7 cm³/mol. The van der Waals surface area contributed by atoms with Crippen molar-refractivity contribution in [2.75, 3.05) is 11.5 Å². The van der Waals surface area contributed by atoms with E-state index in [0.29, 0.717) is 5.92 Å². The molecule has 0 aromatic heterocycles. The first-order valence-corrected chi connectivity index (χ1v) is 6.86. The summed E-state index contributed by atoms with van der Waals surface area (Å²) in [6, 6.07) is 6.91. The van der Waals surface area contributed by atoms with Crippen LogP contribution in [0.2, 0.25) is 0 Å². The van der Waals surface area contributed by atoms with Gasteiger partial charge in [-0.1, -0.05) is 12.1 Å². The molecule has 0 amide bonds. The quantitative estimate of drug-likeness (QED) is 0.832. The summed E-state index contributed by atoms with van der Waals surface area (Å²) >= 11 is 1.92. The Labute approximate surface area is 101 Å². The monoisotopic (exact) mass is 238 g/mol. The number of phenols is 1. The molecule has 1 saturated heterocycles. The average Bonchev–Trinajstić information content (AvgIpc) is 2.31. The third-order valence-electron chi connectivity index (χ3n) is 3.41. The van der Waals surface area contributed by atoms with Gasteiger partial charge in [-0.05, 0) is 49.0 Å². The molecule has 1 aromatic carbocycles. The van der Waals surface area contributed by atoms with Crippen LogP contribution in [0.4, 0.5) is 0 Å². The molecule has 1 aliphatic rings. The molecular formula is C13H18O2S. The fourth-order valence-corrected chi connectivity index (χ4v) is 3.53. The Bertz CT molecular complexity index is 339. The van der Waals surface area contributed by atoms with Crippen LogP contribution in [0, 0.1) is 5.92 Å². The third-order valence-corrected chi connectivity index (χ3v) is 4.62. The van der Waals surface area contributed by atoms with Gasteiger partial charge in [0.25, 0.3) is 0 Å². The minimum Gasteiger partial charge on any atom is -0.508 e. The predicted octanol–water partition coefficient (Wildman–Crippen LogP) is 2.74. The maximum atomic E-state index is 10.6. The van der Waals surface area contributed by atoms with Crippen LogP contribution in [0.15, 0.2) is 24.3 Å². The number of benzene rings is 1. The number of hydrogen-bond donors (Lipinski definition) is 2. The molecule has 2 nitrogen and oxygen atoms in total. The molecule has 1 aromatic rings. The molecular weight excluding hydrogens is 220 g/mol. The van der Waals surface area contributed by atoms with Crippen LogP contribution in [0.3, 0.4) is 0 Å². The molecule has 88 valence electrons. The van der Waals surface area contributed by atoms with E-state index in [9.17, 15) is 10.2 Å². The number of rotatable bonds is 2. The number of phenolic OH excluding ortho intramolecular Hbond substituents is 1. The molecule has 1 fully saturated rings. The highest BCUT2D eigenvalue weighted by Gasteiger charge is 2.34. The molecule has 0 aliphatic carbocycles. The van der Waals surface area contributed by atoms with Gasteiger partial charge in [-0.2, -0.15) is 11.8 Å². The second kappa shape index (κ2) is 4.68. The van der Waals surface area contributed by atoms with E-state index in [-0.39, 0.29) is 5.75 Å². The first-order valence-electron chi connectivity index (χ1n) is 5.70. The lowest BCUT2D eigenvalue weighted by molar-refractivity contribution is -0.00109. The van der Waals surface area contributed by atoms with Crippen LogP contribution >= 0.6 is 11.8 Å². The van der Waals surface area contributed by atoms with Gasteiger partial charge in [0.05, 0.1) is 5.60 Å². The van der Waals surface area contributed by atoms with Gasteiger partial charge >= 0.3 is 0 Å². The lowest BCUT2D eigenvalue weighted by atomic mass is 9.81. The highest BCUT2D eigenvalue weighted by molar-refractivity contribution is 7.99. The third kappa shape index (κ3) is 2.36. The molecule has 0 radical (unpaired) electrons. The van der Waals surface area contributed by atoms with Gasteiger partial charge in [0.15, 0.2) is 0 Å². The Balaban J connectivity index is 2.19. The fourth-order valence-electron chi connectivity index (χ4n) is 2.22. The van der Waals surface area contributed by atoms with Gasteiger partial charge < -0.3 is 10.2 Å². The largest absolute Gasteiger partial charge is 0.508 e. The van der Waals surface area contributed by atoms with E-state index in [1.165, 1.54) is 12.2 Å². The fraction of sp³-hybridized carbons (Fsp3) is 0.538. The number of aliphatic hydroxyl groups is 1. The summed E-state index contributed by atoms with van der Waals surface area (Å²) in [6.07, 6.45) is 2.27. The number of aromatic hydroxyl groups is 1. The zero-order valence-corrected chi connectivity index (χ0v) is 10.3. The summed E-state index contributed by atoms with van der Waals surface area (Å²) in [5.41, 5.74) is 0.124. The Morgan fingerprint density at radius 1 is 1.31 bits per heavy atom. The van der Waals surface area contributed by atoms with E-state index in [4.69, 9.17) is 0 Å². The standard InChI is InChI=1S/C13H18O2S/c1-13(15,11-3-2-8-16-9-11)10-4-6-12(14)7-5-10/h4-7,11,14-15H,2-3,8-9H2,1H3. The van der Waals surface area contributed by atoms with Crippen molar-refractivity contribution in [3.8, 4) is 5.75 Å². The minimum atomic E-state index is -0.777. The summed E-state index contributed by atoms with van der Waals surface area (Å²) in [5.74, 6) is 2.80. The van der Waals surface area contributed by atoms with Crippen molar-refractivity contribution in [2.45, 2.75) is 25.4 Å². The Kier molecular flexibility index (Phi) is 3.45. The molecule has 1 heterocycles. The van der Waals surface area contributed by atoms with Gasteiger partial charge in [0.1, 0.15) is 5.75 Å². The molecule has 2 unspecified atom stereocenters. The topological polar surface area (TPSA) is 40.5 Å².